The van der Waals surface area contributed by atoms with E-state index in [0.717, 1.165) is 15.7 Å². The lowest BCUT2D eigenvalue weighted by Crippen LogP contribution is -2.56. The molecular formula is C18H21N5O6. The maximum atomic E-state index is 11.9. The Balaban J connectivity index is 1.61. The summed E-state index contributed by atoms with van der Waals surface area (Å²) < 4.78 is 7.24. The van der Waals surface area contributed by atoms with Gasteiger partial charge in [0.25, 0.3) is 0 Å². The summed E-state index contributed by atoms with van der Waals surface area (Å²) in [5.41, 5.74) is 1.42. The summed E-state index contributed by atoms with van der Waals surface area (Å²) in [6.07, 6.45) is -5.08. The van der Waals surface area contributed by atoms with E-state index in [1.54, 1.807) is 6.20 Å². The van der Waals surface area contributed by atoms with Crippen LogP contribution in [0.1, 0.15) is 29.3 Å². The predicted molar refractivity (Wildman–Crippen MR) is 97.9 cm³/mol. The number of nitrogens with zero attached hydrogens (tertiary/aromatic N) is 5. The molecule has 1 saturated heterocycles. The number of hydrogen-bond donors (Lipinski definition) is 4. The number of ketones is 1. The molecule has 4 N–H and O–H groups in total. The number of tetrazole rings is 1. The Kier molecular flexibility index (Phi) is 5.15. The summed E-state index contributed by atoms with van der Waals surface area (Å²) in [6.45, 7) is 1.16. The lowest BCUT2D eigenvalue weighted by Gasteiger charge is -2.38. The van der Waals surface area contributed by atoms with Gasteiger partial charge in [0.05, 0.1) is 13.2 Å². The van der Waals surface area contributed by atoms with E-state index in [9.17, 15) is 25.2 Å². The number of aliphatic hydroxyl groups excluding tert-OH is 4. The van der Waals surface area contributed by atoms with Crippen LogP contribution in [-0.4, -0.2) is 82.0 Å². The molecule has 3 heterocycles. The number of carbonyl (C=O) groups is 1. The largest absolute Gasteiger partial charge is 0.394 e. The van der Waals surface area contributed by atoms with E-state index in [1.807, 2.05) is 28.8 Å². The highest BCUT2D eigenvalue weighted by molar-refractivity contribution is 6.06. The normalized spacial score (nSPS) is 27.4. The van der Waals surface area contributed by atoms with Crippen LogP contribution >= 0.6 is 0 Å². The fourth-order valence-electron chi connectivity index (χ4n) is 3.51. The zero-order valence-corrected chi connectivity index (χ0v) is 15.5. The number of carbonyl (C=O) groups excluding carboxylic acids is 1. The average molecular weight is 403 g/mol. The molecule has 0 amide bonds. The number of aromatic nitrogens is 5. The van der Waals surface area contributed by atoms with Crippen molar-refractivity contribution in [2.24, 2.45) is 0 Å². The van der Waals surface area contributed by atoms with Crippen molar-refractivity contribution in [3.8, 4) is 0 Å². The molecular weight excluding hydrogens is 382 g/mol. The molecule has 2 aromatic heterocycles. The van der Waals surface area contributed by atoms with Gasteiger partial charge < -0.3 is 29.7 Å². The number of hydrogen-bond acceptors (Lipinski definition) is 9. The quantitative estimate of drug-likeness (QED) is 0.386. The van der Waals surface area contributed by atoms with E-state index >= 15 is 0 Å². The molecule has 1 fully saturated rings. The highest BCUT2D eigenvalue weighted by Gasteiger charge is 2.45. The topological polar surface area (TPSA) is 156 Å². The van der Waals surface area contributed by atoms with E-state index in [0.29, 0.717) is 5.56 Å². The first-order chi connectivity index (χ1) is 13.9. The first-order valence-corrected chi connectivity index (χ1v) is 9.08. The second-order valence-corrected chi connectivity index (χ2v) is 6.99. The highest BCUT2D eigenvalue weighted by Crippen LogP contribution is 2.27. The SMILES string of the molecule is CC(=O)c1cn(Cc2nnn([C@H]3O[C@H](CO)[C@H](O)[C@@H](O)[C@@H]3O)n2)c2ccccc12. The second-order valence-electron chi connectivity index (χ2n) is 6.99. The molecule has 0 bridgehead atoms. The molecule has 3 aromatic rings. The van der Waals surface area contributed by atoms with Gasteiger partial charge in [-0.15, -0.1) is 15.0 Å². The van der Waals surface area contributed by atoms with E-state index in [-0.39, 0.29) is 18.2 Å². The van der Waals surface area contributed by atoms with Crippen LogP contribution in [-0.2, 0) is 11.3 Å². The van der Waals surface area contributed by atoms with E-state index in [1.165, 1.54) is 6.92 Å². The predicted octanol–water partition coefficient (Wildman–Crippen LogP) is -1.15. The minimum Gasteiger partial charge on any atom is -0.394 e. The monoisotopic (exact) mass is 403 g/mol. The molecule has 0 radical (unpaired) electrons. The second kappa shape index (κ2) is 7.61. The Labute approximate surface area is 164 Å². The number of aliphatic hydroxyl groups is 4. The number of fused-ring (bicyclic) bond motifs is 1. The number of rotatable bonds is 5. The first kappa shape index (κ1) is 19.6. The molecule has 1 aliphatic heterocycles. The molecule has 0 saturated carbocycles. The highest BCUT2D eigenvalue weighted by atomic mass is 16.6. The summed E-state index contributed by atoms with van der Waals surface area (Å²) in [5, 5.41) is 52.1. The summed E-state index contributed by atoms with van der Waals surface area (Å²) in [5.74, 6) is 0.232. The fourth-order valence-corrected chi connectivity index (χ4v) is 3.51. The maximum Gasteiger partial charge on any atom is 0.199 e. The number of benzene rings is 1. The van der Waals surface area contributed by atoms with Crippen molar-refractivity contribution in [1.82, 2.24) is 24.8 Å². The molecule has 11 heteroatoms. The third kappa shape index (κ3) is 3.43. The van der Waals surface area contributed by atoms with Crippen LogP contribution in [0.2, 0.25) is 0 Å². The van der Waals surface area contributed by atoms with Gasteiger partial charge in [0.1, 0.15) is 24.4 Å². The van der Waals surface area contributed by atoms with Gasteiger partial charge in [-0.05, 0) is 18.2 Å². The van der Waals surface area contributed by atoms with Crippen LogP contribution in [0.5, 0.6) is 0 Å². The van der Waals surface area contributed by atoms with Crippen molar-refractivity contribution < 1.29 is 30.0 Å². The van der Waals surface area contributed by atoms with Gasteiger partial charge in [-0.25, -0.2) is 0 Å². The summed E-state index contributed by atoms with van der Waals surface area (Å²) in [7, 11) is 0. The average Bonchev–Trinajstić information content (AvgIpc) is 3.32. The van der Waals surface area contributed by atoms with Gasteiger partial charge in [0.2, 0.25) is 0 Å². The summed E-state index contributed by atoms with van der Waals surface area (Å²) in [6, 6.07) is 7.46. The minimum atomic E-state index is -1.54. The molecule has 11 nitrogen and oxygen atoms in total. The third-order valence-electron chi connectivity index (χ3n) is 5.04. The zero-order chi connectivity index (χ0) is 20.7. The fraction of sp³-hybridized carbons (Fsp3) is 0.444. The molecule has 0 unspecified atom stereocenters. The van der Waals surface area contributed by atoms with Crippen molar-refractivity contribution in [1.29, 1.82) is 0 Å². The van der Waals surface area contributed by atoms with Crippen molar-refractivity contribution in [2.45, 2.75) is 44.1 Å². The Morgan fingerprint density at radius 3 is 2.66 bits per heavy atom. The Morgan fingerprint density at radius 2 is 1.93 bits per heavy atom. The van der Waals surface area contributed by atoms with Gasteiger partial charge >= 0.3 is 0 Å². The van der Waals surface area contributed by atoms with Gasteiger partial charge in [0.15, 0.2) is 17.8 Å². The van der Waals surface area contributed by atoms with Gasteiger partial charge in [-0.2, -0.15) is 0 Å². The number of para-hydroxylation sites is 1. The van der Waals surface area contributed by atoms with Crippen molar-refractivity contribution in [3.63, 3.8) is 0 Å². The Bertz CT molecular complexity index is 1030. The summed E-state index contributed by atoms with van der Waals surface area (Å²) >= 11 is 0. The third-order valence-corrected chi connectivity index (χ3v) is 5.04. The molecule has 5 atom stereocenters. The van der Waals surface area contributed by atoms with Gasteiger partial charge in [0, 0.05) is 22.7 Å². The van der Waals surface area contributed by atoms with Crippen LogP contribution in [0.25, 0.3) is 10.9 Å². The molecule has 1 aliphatic rings. The van der Waals surface area contributed by atoms with Gasteiger partial charge in [-0.1, -0.05) is 18.2 Å². The van der Waals surface area contributed by atoms with Crippen molar-refractivity contribution in [2.75, 3.05) is 6.61 Å². The molecule has 29 heavy (non-hydrogen) atoms. The van der Waals surface area contributed by atoms with Gasteiger partial charge in [-0.3, -0.25) is 4.79 Å². The van der Waals surface area contributed by atoms with E-state index in [4.69, 9.17) is 4.74 Å². The molecule has 0 spiro atoms. The van der Waals surface area contributed by atoms with Crippen LogP contribution in [0.3, 0.4) is 0 Å². The molecule has 154 valence electrons. The van der Waals surface area contributed by atoms with Crippen LogP contribution in [0, 0.1) is 0 Å². The van der Waals surface area contributed by atoms with E-state index < -0.39 is 37.3 Å². The van der Waals surface area contributed by atoms with Crippen molar-refractivity contribution >= 4 is 16.7 Å². The van der Waals surface area contributed by atoms with Crippen LogP contribution in [0.4, 0.5) is 0 Å². The smallest absolute Gasteiger partial charge is 0.199 e. The standard InChI is InChI=1S/C18H21N5O6/c1-9(25)11-6-22(12-5-3-2-4-10(11)12)7-14-19-21-23(20-14)18-17(28)16(27)15(26)13(8-24)29-18/h2-6,13,15-18,24,26-28H,7-8H2,1H3/t13-,15+,16-,17+,18+/m1/s1. The van der Waals surface area contributed by atoms with Crippen LogP contribution in [0.15, 0.2) is 30.5 Å². The molecule has 0 aliphatic carbocycles. The maximum absolute atomic E-state index is 11.9. The Hall–Kier alpha value is -2.70. The lowest BCUT2D eigenvalue weighted by molar-refractivity contribution is -0.257. The summed E-state index contributed by atoms with van der Waals surface area (Å²) in [4.78, 5) is 12.9. The lowest BCUT2D eigenvalue weighted by atomic mass is 9.99. The Morgan fingerprint density at radius 1 is 1.17 bits per heavy atom. The van der Waals surface area contributed by atoms with E-state index in [2.05, 4.69) is 15.4 Å². The molecule has 4 rings (SSSR count). The van der Waals surface area contributed by atoms with Crippen molar-refractivity contribution in [3.05, 3.63) is 41.9 Å². The number of ether oxygens (including phenoxy) is 1. The number of Topliss-reactive ketones (excluding diaryl/α,β-unsaturated/α-hetero) is 1. The zero-order valence-electron chi connectivity index (χ0n) is 15.5. The van der Waals surface area contributed by atoms with Crippen LogP contribution < -0.4 is 0 Å². The first-order valence-electron chi connectivity index (χ1n) is 9.08. The molecule has 1 aromatic carbocycles. The minimum absolute atomic E-state index is 0.0575.